The molecule has 0 aliphatic heterocycles. The van der Waals surface area contributed by atoms with Gasteiger partial charge in [-0.3, -0.25) is 4.79 Å². The van der Waals surface area contributed by atoms with Crippen LogP contribution in [0.3, 0.4) is 0 Å². The summed E-state index contributed by atoms with van der Waals surface area (Å²) in [5, 5.41) is 0. The molecule has 0 amide bonds. The fourth-order valence-electron chi connectivity index (χ4n) is 1.93. The molecule has 1 aromatic heterocycles. The summed E-state index contributed by atoms with van der Waals surface area (Å²) >= 11 is 7.00. The molecule has 0 unspecified atom stereocenters. The normalized spacial score (nSPS) is 10.6. The second-order valence-corrected chi connectivity index (χ2v) is 5.65. The Morgan fingerprint density at radius 3 is 2.47 bits per heavy atom. The van der Waals surface area contributed by atoms with Crippen LogP contribution in [0.5, 0.6) is 0 Å². The van der Waals surface area contributed by atoms with Crippen molar-refractivity contribution in [1.29, 1.82) is 0 Å². The third-order valence-electron chi connectivity index (χ3n) is 2.75. The number of nitrogens with zero attached hydrogens (tertiary/aromatic N) is 1. The van der Waals surface area contributed by atoms with Crippen molar-refractivity contribution >= 4 is 38.1 Å². The van der Waals surface area contributed by atoms with Gasteiger partial charge in [0.25, 0.3) is 0 Å². The molecule has 0 atom stereocenters. The fraction of sp³-hybridized carbons (Fsp3) is 0.154. The maximum absolute atomic E-state index is 10.9. The summed E-state index contributed by atoms with van der Waals surface area (Å²) in [4.78, 5) is 10.9. The Bertz CT molecular complexity index is 587. The fourth-order valence-corrected chi connectivity index (χ4v) is 2.71. The number of carbonyl (C=O) groups is 1. The van der Waals surface area contributed by atoms with Crippen LogP contribution in [0.4, 0.5) is 0 Å². The molecular formula is C13H11Br2NO. The second-order valence-electron chi connectivity index (χ2n) is 3.88. The van der Waals surface area contributed by atoms with Gasteiger partial charge in [0.2, 0.25) is 0 Å². The number of benzene rings is 1. The van der Waals surface area contributed by atoms with Crippen molar-refractivity contribution < 1.29 is 4.79 Å². The van der Waals surface area contributed by atoms with E-state index in [4.69, 9.17) is 0 Å². The van der Waals surface area contributed by atoms with Crippen LogP contribution in [0.1, 0.15) is 21.7 Å². The van der Waals surface area contributed by atoms with Crippen LogP contribution < -0.4 is 0 Å². The Hall–Kier alpha value is -0.870. The van der Waals surface area contributed by atoms with Gasteiger partial charge in [-0.2, -0.15) is 0 Å². The first-order valence-corrected chi connectivity index (χ1v) is 6.72. The summed E-state index contributed by atoms with van der Waals surface area (Å²) in [6.07, 6.45) is 0.894. The first-order valence-electron chi connectivity index (χ1n) is 5.14. The minimum atomic E-state index is 0.731. The molecule has 2 aromatic rings. The topological polar surface area (TPSA) is 22.0 Å². The number of hydrogen-bond acceptors (Lipinski definition) is 1. The molecule has 0 aliphatic rings. The highest BCUT2D eigenvalue weighted by Gasteiger charge is 2.12. The lowest BCUT2D eigenvalue weighted by molar-refractivity contribution is 0.112. The van der Waals surface area contributed by atoms with Crippen molar-refractivity contribution in [2.45, 2.75) is 13.8 Å². The van der Waals surface area contributed by atoms with E-state index in [0.29, 0.717) is 0 Å². The molecule has 4 heteroatoms. The van der Waals surface area contributed by atoms with Crippen LogP contribution in [0, 0.1) is 13.8 Å². The third-order valence-corrected chi connectivity index (χ3v) is 3.91. The van der Waals surface area contributed by atoms with Gasteiger partial charge in [-0.15, -0.1) is 0 Å². The maximum atomic E-state index is 10.9. The van der Waals surface area contributed by atoms with Crippen LogP contribution >= 0.6 is 31.9 Å². The summed E-state index contributed by atoms with van der Waals surface area (Å²) < 4.78 is 4.08. The van der Waals surface area contributed by atoms with Crippen molar-refractivity contribution in [1.82, 2.24) is 4.57 Å². The van der Waals surface area contributed by atoms with Crippen molar-refractivity contribution in [3.63, 3.8) is 0 Å². The number of hydrogen-bond donors (Lipinski definition) is 0. The molecular weight excluding hydrogens is 346 g/mol. The van der Waals surface area contributed by atoms with Gasteiger partial charge >= 0.3 is 0 Å². The zero-order chi connectivity index (χ0) is 12.6. The highest BCUT2D eigenvalue weighted by Crippen LogP contribution is 2.28. The van der Waals surface area contributed by atoms with Crippen molar-refractivity contribution in [2.24, 2.45) is 0 Å². The molecule has 88 valence electrons. The van der Waals surface area contributed by atoms with Gasteiger partial charge in [0, 0.05) is 25.9 Å². The molecule has 0 aliphatic carbocycles. The van der Waals surface area contributed by atoms with Crippen LogP contribution in [-0.4, -0.2) is 10.9 Å². The quantitative estimate of drug-likeness (QED) is 0.729. The number of aryl methyl sites for hydroxylation is 1. The van der Waals surface area contributed by atoms with E-state index in [9.17, 15) is 4.79 Å². The minimum absolute atomic E-state index is 0.731. The van der Waals surface area contributed by atoms with E-state index in [1.54, 1.807) is 0 Å². The van der Waals surface area contributed by atoms with E-state index < -0.39 is 0 Å². The van der Waals surface area contributed by atoms with Crippen molar-refractivity contribution in [2.75, 3.05) is 0 Å². The predicted octanol–water partition coefficient (Wildman–Crippen LogP) is 4.43. The van der Waals surface area contributed by atoms with E-state index in [1.165, 1.54) is 0 Å². The number of aldehydes is 1. The first kappa shape index (κ1) is 12.6. The van der Waals surface area contributed by atoms with Crippen LogP contribution in [0.25, 0.3) is 5.69 Å². The van der Waals surface area contributed by atoms with E-state index in [1.807, 2.05) is 38.1 Å². The number of aromatic nitrogens is 1. The summed E-state index contributed by atoms with van der Waals surface area (Å²) in [6, 6.07) is 7.88. The third kappa shape index (κ3) is 2.24. The second kappa shape index (κ2) is 4.78. The Kier molecular flexibility index (Phi) is 3.54. The van der Waals surface area contributed by atoms with Crippen LogP contribution in [0.2, 0.25) is 0 Å². The standard InChI is InChI=1S/C13H11Br2NO/c1-8-5-10(7-17)9(2)16(8)13-6-11(14)3-4-12(13)15/h3-7H,1-2H3. The molecule has 2 rings (SSSR count). The molecule has 0 bridgehead atoms. The average molecular weight is 357 g/mol. The Morgan fingerprint density at radius 1 is 1.18 bits per heavy atom. The maximum Gasteiger partial charge on any atom is 0.151 e. The molecule has 0 spiro atoms. The molecule has 0 saturated heterocycles. The van der Waals surface area contributed by atoms with E-state index in [0.717, 1.165) is 37.9 Å². The number of carbonyl (C=O) groups excluding carboxylic acids is 1. The molecule has 0 saturated carbocycles. The highest BCUT2D eigenvalue weighted by atomic mass is 79.9. The highest BCUT2D eigenvalue weighted by molar-refractivity contribution is 9.11. The molecule has 17 heavy (non-hydrogen) atoms. The smallest absolute Gasteiger partial charge is 0.151 e. The SMILES string of the molecule is Cc1cc(C=O)c(C)n1-c1cc(Br)ccc1Br. The summed E-state index contributed by atoms with van der Waals surface area (Å²) in [7, 11) is 0. The van der Waals surface area contributed by atoms with E-state index in [2.05, 4.69) is 36.4 Å². The van der Waals surface area contributed by atoms with E-state index >= 15 is 0 Å². The van der Waals surface area contributed by atoms with Gasteiger partial charge in [0.05, 0.1) is 5.69 Å². The molecule has 2 nitrogen and oxygen atoms in total. The van der Waals surface area contributed by atoms with Crippen molar-refractivity contribution in [3.05, 3.63) is 50.2 Å². The predicted molar refractivity (Wildman–Crippen MR) is 76.0 cm³/mol. The van der Waals surface area contributed by atoms with Crippen molar-refractivity contribution in [3.8, 4) is 5.69 Å². The number of rotatable bonds is 2. The molecule has 0 fully saturated rings. The first-order chi connectivity index (χ1) is 8.04. The zero-order valence-electron chi connectivity index (χ0n) is 9.50. The lowest BCUT2D eigenvalue weighted by Crippen LogP contribution is -2.00. The summed E-state index contributed by atoms with van der Waals surface area (Å²) in [5.41, 5.74) is 3.76. The van der Waals surface area contributed by atoms with E-state index in [-0.39, 0.29) is 0 Å². The Labute approximate surface area is 117 Å². The average Bonchev–Trinajstić information content (AvgIpc) is 2.58. The van der Waals surface area contributed by atoms with Gasteiger partial charge in [0.15, 0.2) is 6.29 Å². The van der Waals surface area contributed by atoms with Crippen LogP contribution in [0.15, 0.2) is 33.2 Å². The lowest BCUT2D eigenvalue weighted by Gasteiger charge is -2.12. The Balaban J connectivity index is 2.72. The monoisotopic (exact) mass is 355 g/mol. The summed E-state index contributed by atoms with van der Waals surface area (Å²) in [6.45, 7) is 3.94. The van der Waals surface area contributed by atoms with Gasteiger partial charge in [-0.1, -0.05) is 15.9 Å². The lowest BCUT2D eigenvalue weighted by atomic mass is 10.2. The van der Waals surface area contributed by atoms with Crippen LogP contribution in [-0.2, 0) is 0 Å². The minimum Gasteiger partial charge on any atom is -0.317 e. The zero-order valence-corrected chi connectivity index (χ0v) is 12.7. The van der Waals surface area contributed by atoms with Gasteiger partial charge in [0.1, 0.15) is 0 Å². The molecule has 0 radical (unpaired) electrons. The number of halogens is 2. The Morgan fingerprint density at radius 2 is 1.88 bits per heavy atom. The molecule has 0 N–H and O–H groups in total. The van der Waals surface area contributed by atoms with Gasteiger partial charge in [-0.05, 0) is 54.0 Å². The largest absolute Gasteiger partial charge is 0.317 e. The molecule has 1 heterocycles. The summed E-state index contributed by atoms with van der Waals surface area (Å²) in [5.74, 6) is 0. The van der Waals surface area contributed by atoms with Gasteiger partial charge < -0.3 is 4.57 Å². The van der Waals surface area contributed by atoms with Gasteiger partial charge in [-0.25, -0.2) is 0 Å². The molecule has 1 aromatic carbocycles.